The molecule has 0 heterocycles. The summed E-state index contributed by atoms with van der Waals surface area (Å²) >= 11 is 0. The Hall–Kier alpha value is -1.43. The van der Waals surface area contributed by atoms with Gasteiger partial charge in [0.15, 0.2) is 0 Å². The zero-order valence-corrected chi connectivity index (χ0v) is 12.1. The second-order valence-electron chi connectivity index (χ2n) is 4.96. The molecule has 1 amide bonds. The molecule has 0 aliphatic rings. The highest BCUT2D eigenvalue weighted by Crippen LogP contribution is 2.18. The number of amides is 1. The Morgan fingerprint density at radius 3 is 2.68 bits per heavy atom. The molecule has 1 unspecified atom stereocenters. The standard InChI is InChI=1S/C13H19FN2O2S/c1-4-13(2,3)16-12(17)8-19(18)11-7-9(14)5-6-10(11)15/h5-7H,4,8,15H2,1-3H3,(H,16,17). The van der Waals surface area contributed by atoms with Gasteiger partial charge in [0.2, 0.25) is 5.91 Å². The van der Waals surface area contributed by atoms with Crippen LogP contribution >= 0.6 is 0 Å². The number of carbonyl (C=O) groups is 1. The molecule has 0 radical (unpaired) electrons. The van der Waals surface area contributed by atoms with Crippen LogP contribution in [-0.4, -0.2) is 21.4 Å². The molecule has 0 aliphatic heterocycles. The van der Waals surface area contributed by atoms with Crippen molar-refractivity contribution in [3.8, 4) is 0 Å². The Kier molecular flexibility index (Phi) is 5.05. The molecular formula is C13H19FN2O2S. The summed E-state index contributed by atoms with van der Waals surface area (Å²) < 4.78 is 25.1. The number of benzene rings is 1. The lowest BCUT2D eigenvalue weighted by Gasteiger charge is -2.24. The Morgan fingerprint density at radius 1 is 1.47 bits per heavy atom. The third kappa shape index (κ3) is 4.63. The third-order valence-electron chi connectivity index (χ3n) is 2.84. The van der Waals surface area contributed by atoms with Gasteiger partial charge in [0.25, 0.3) is 0 Å². The van der Waals surface area contributed by atoms with Gasteiger partial charge in [-0.3, -0.25) is 9.00 Å². The molecule has 1 aromatic rings. The minimum atomic E-state index is -1.65. The molecule has 4 nitrogen and oxygen atoms in total. The maximum absolute atomic E-state index is 13.1. The number of anilines is 1. The van der Waals surface area contributed by atoms with Crippen LogP contribution in [0.25, 0.3) is 0 Å². The predicted octanol–water partition coefficient (Wildman–Crippen LogP) is 1.82. The maximum atomic E-state index is 13.1. The first-order valence-electron chi connectivity index (χ1n) is 5.99. The Bertz CT molecular complexity index is 503. The van der Waals surface area contributed by atoms with E-state index >= 15 is 0 Å². The first kappa shape index (κ1) is 15.6. The zero-order chi connectivity index (χ0) is 14.6. The van der Waals surface area contributed by atoms with Crippen LogP contribution in [0.3, 0.4) is 0 Å². The number of nitrogens with two attached hydrogens (primary N) is 1. The average molecular weight is 286 g/mol. The lowest BCUT2D eigenvalue weighted by molar-refractivity contribution is -0.120. The van der Waals surface area contributed by atoms with E-state index in [9.17, 15) is 13.4 Å². The summed E-state index contributed by atoms with van der Waals surface area (Å²) in [5.41, 5.74) is 5.50. The highest BCUT2D eigenvalue weighted by atomic mass is 32.2. The second kappa shape index (κ2) is 6.14. The number of halogens is 1. The Morgan fingerprint density at radius 2 is 2.11 bits per heavy atom. The maximum Gasteiger partial charge on any atom is 0.233 e. The van der Waals surface area contributed by atoms with Gasteiger partial charge in [-0.15, -0.1) is 0 Å². The summed E-state index contributed by atoms with van der Waals surface area (Å²) in [6.07, 6.45) is 0.757. The van der Waals surface area contributed by atoms with E-state index in [1.807, 2.05) is 20.8 Å². The minimum Gasteiger partial charge on any atom is -0.398 e. The fourth-order valence-corrected chi connectivity index (χ4v) is 2.44. The molecule has 1 aromatic carbocycles. The van der Waals surface area contributed by atoms with Crippen LogP contribution in [0.5, 0.6) is 0 Å². The first-order chi connectivity index (χ1) is 8.75. The van der Waals surface area contributed by atoms with Crippen LogP contribution in [0.4, 0.5) is 10.1 Å². The summed E-state index contributed by atoms with van der Waals surface area (Å²) in [6.45, 7) is 5.70. The second-order valence-corrected chi connectivity index (χ2v) is 6.38. The lowest BCUT2D eigenvalue weighted by atomic mass is 10.0. The van der Waals surface area contributed by atoms with Gasteiger partial charge in [-0.05, 0) is 38.5 Å². The molecule has 19 heavy (non-hydrogen) atoms. The van der Waals surface area contributed by atoms with E-state index in [-0.39, 0.29) is 27.8 Å². The van der Waals surface area contributed by atoms with Crippen LogP contribution in [0.1, 0.15) is 27.2 Å². The Balaban J connectivity index is 2.75. The van der Waals surface area contributed by atoms with Gasteiger partial charge < -0.3 is 11.1 Å². The largest absolute Gasteiger partial charge is 0.398 e. The number of hydrogen-bond donors (Lipinski definition) is 2. The highest BCUT2D eigenvalue weighted by molar-refractivity contribution is 7.86. The van der Waals surface area contributed by atoms with E-state index in [1.165, 1.54) is 12.1 Å². The van der Waals surface area contributed by atoms with Crippen LogP contribution in [-0.2, 0) is 15.6 Å². The van der Waals surface area contributed by atoms with Gasteiger partial charge in [-0.25, -0.2) is 4.39 Å². The molecule has 0 saturated heterocycles. The van der Waals surface area contributed by atoms with Gasteiger partial charge in [0.05, 0.1) is 15.7 Å². The monoisotopic (exact) mass is 286 g/mol. The normalized spacial score (nSPS) is 13.1. The van der Waals surface area contributed by atoms with E-state index in [0.717, 1.165) is 12.5 Å². The first-order valence-corrected chi connectivity index (χ1v) is 7.31. The predicted molar refractivity (Wildman–Crippen MR) is 74.6 cm³/mol. The summed E-state index contributed by atoms with van der Waals surface area (Å²) in [5, 5.41) is 2.77. The van der Waals surface area contributed by atoms with Gasteiger partial charge in [0, 0.05) is 11.2 Å². The number of rotatable bonds is 5. The van der Waals surface area contributed by atoms with Gasteiger partial charge in [-0.1, -0.05) is 6.92 Å². The third-order valence-corrected chi connectivity index (χ3v) is 4.21. The fourth-order valence-electron chi connectivity index (χ4n) is 1.40. The number of hydrogen-bond acceptors (Lipinski definition) is 3. The van der Waals surface area contributed by atoms with Gasteiger partial charge in [-0.2, -0.15) is 0 Å². The molecule has 0 aromatic heterocycles. The molecule has 0 aliphatic carbocycles. The van der Waals surface area contributed by atoms with Crippen LogP contribution in [0.2, 0.25) is 0 Å². The van der Waals surface area contributed by atoms with Crippen molar-refractivity contribution in [3.63, 3.8) is 0 Å². The quantitative estimate of drug-likeness (QED) is 0.811. The molecule has 1 atom stereocenters. The molecule has 3 N–H and O–H groups in total. The molecule has 106 valence electrons. The number of nitrogens with one attached hydrogen (secondary N) is 1. The summed E-state index contributed by atoms with van der Waals surface area (Å²) in [7, 11) is -1.65. The topological polar surface area (TPSA) is 72.2 Å². The number of carbonyl (C=O) groups excluding carboxylic acids is 1. The van der Waals surface area contributed by atoms with Crippen molar-refractivity contribution in [1.29, 1.82) is 0 Å². The SMILES string of the molecule is CCC(C)(C)NC(=O)CS(=O)c1cc(F)ccc1N. The van der Waals surface area contributed by atoms with Crippen LogP contribution < -0.4 is 11.1 Å². The van der Waals surface area contributed by atoms with Crippen molar-refractivity contribution in [2.45, 2.75) is 37.6 Å². The zero-order valence-electron chi connectivity index (χ0n) is 11.3. The van der Waals surface area contributed by atoms with Crippen molar-refractivity contribution >= 4 is 22.4 Å². The number of nitrogen functional groups attached to an aromatic ring is 1. The van der Waals surface area contributed by atoms with E-state index < -0.39 is 16.6 Å². The highest BCUT2D eigenvalue weighted by Gasteiger charge is 2.20. The molecule has 1 rings (SSSR count). The molecule has 0 spiro atoms. The summed E-state index contributed by atoms with van der Waals surface area (Å²) in [6, 6.07) is 3.64. The lowest BCUT2D eigenvalue weighted by Crippen LogP contribution is -2.44. The average Bonchev–Trinajstić information content (AvgIpc) is 2.31. The van der Waals surface area contributed by atoms with Crippen molar-refractivity contribution in [2.24, 2.45) is 0 Å². The molecular weight excluding hydrogens is 267 g/mol. The van der Waals surface area contributed by atoms with Crippen molar-refractivity contribution in [3.05, 3.63) is 24.0 Å². The van der Waals surface area contributed by atoms with Crippen molar-refractivity contribution < 1.29 is 13.4 Å². The summed E-state index contributed by atoms with van der Waals surface area (Å²) in [5.74, 6) is -1.09. The Labute approximate surface area is 115 Å². The van der Waals surface area contributed by atoms with E-state index in [2.05, 4.69) is 5.32 Å². The van der Waals surface area contributed by atoms with Crippen molar-refractivity contribution in [1.82, 2.24) is 5.32 Å². The molecule has 6 heteroatoms. The van der Waals surface area contributed by atoms with Gasteiger partial charge >= 0.3 is 0 Å². The van der Waals surface area contributed by atoms with Crippen molar-refractivity contribution in [2.75, 3.05) is 11.5 Å². The molecule has 0 fully saturated rings. The van der Waals surface area contributed by atoms with Crippen LogP contribution in [0, 0.1) is 5.82 Å². The van der Waals surface area contributed by atoms with E-state index in [1.54, 1.807) is 0 Å². The summed E-state index contributed by atoms with van der Waals surface area (Å²) in [4.78, 5) is 11.9. The fraction of sp³-hybridized carbons (Fsp3) is 0.462. The van der Waals surface area contributed by atoms with E-state index in [0.29, 0.717) is 0 Å². The van der Waals surface area contributed by atoms with Gasteiger partial charge in [0.1, 0.15) is 11.6 Å². The smallest absolute Gasteiger partial charge is 0.233 e. The molecule has 0 bridgehead atoms. The van der Waals surface area contributed by atoms with Crippen LogP contribution in [0.15, 0.2) is 23.1 Å². The minimum absolute atomic E-state index is 0.157. The molecule has 0 saturated carbocycles. The van der Waals surface area contributed by atoms with E-state index in [4.69, 9.17) is 5.73 Å².